The molecule has 158 valence electrons. The zero-order chi connectivity index (χ0) is 22.2. The Kier molecular flexibility index (Phi) is 4.91. The van der Waals surface area contributed by atoms with Gasteiger partial charge in [0.1, 0.15) is 5.71 Å². The summed E-state index contributed by atoms with van der Waals surface area (Å²) in [5.74, 6) is 0.163. The first-order valence-electron chi connectivity index (χ1n) is 9.78. The molecule has 0 spiro atoms. The van der Waals surface area contributed by atoms with Crippen LogP contribution in [-0.2, 0) is 13.6 Å². The Morgan fingerprint density at radius 3 is 2.66 bits per heavy atom. The number of imidazole rings is 1. The number of hydrogen-bond acceptors (Lipinski definition) is 6. The predicted molar refractivity (Wildman–Crippen MR) is 122 cm³/mol. The average Bonchev–Trinajstić information content (AvgIpc) is 3.14. The van der Waals surface area contributed by atoms with Crippen LogP contribution in [0.3, 0.4) is 0 Å². The molecule has 0 amide bonds. The highest BCUT2D eigenvalue weighted by Gasteiger charge is 2.23. The van der Waals surface area contributed by atoms with E-state index < -0.39 is 5.97 Å². The average molecular weight is 445 g/mol. The number of fused-ring (bicyclic) bond motifs is 3. The van der Waals surface area contributed by atoms with Crippen molar-refractivity contribution in [3.05, 3.63) is 88.6 Å². The lowest BCUT2D eigenvalue weighted by Crippen LogP contribution is -2.11. The van der Waals surface area contributed by atoms with E-state index >= 15 is 0 Å². The first-order valence-corrected chi connectivity index (χ1v) is 10.2. The third-order valence-electron chi connectivity index (χ3n) is 5.18. The van der Waals surface area contributed by atoms with Crippen LogP contribution >= 0.6 is 11.6 Å². The SMILES string of the molecule is Cn1ccnc1C1=NCc2cnc(Nc3ccc(C(=O)O)cc3)nc2-c2ccc(Cl)cc21. The Morgan fingerprint density at radius 2 is 1.94 bits per heavy atom. The van der Waals surface area contributed by atoms with Crippen molar-refractivity contribution < 1.29 is 9.90 Å². The number of anilines is 2. The lowest BCUT2D eigenvalue weighted by molar-refractivity contribution is 0.0697. The van der Waals surface area contributed by atoms with Crippen molar-refractivity contribution in [1.29, 1.82) is 0 Å². The number of rotatable bonds is 4. The Labute approximate surface area is 188 Å². The van der Waals surface area contributed by atoms with Crippen LogP contribution in [0.2, 0.25) is 5.02 Å². The van der Waals surface area contributed by atoms with Crippen molar-refractivity contribution in [2.75, 3.05) is 5.32 Å². The second-order valence-electron chi connectivity index (χ2n) is 7.29. The maximum atomic E-state index is 11.1. The molecular weight excluding hydrogens is 428 g/mol. The highest BCUT2D eigenvalue weighted by molar-refractivity contribution is 6.31. The van der Waals surface area contributed by atoms with Crippen molar-refractivity contribution in [3.8, 4) is 11.3 Å². The lowest BCUT2D eigenvalue weighted by Gasteiger charge is -2.12. The van der Waals surface area contributed by atoms with Crippen molar-refractivity contribution in [2.24, 2.45) is 12.0 Å². The molecule has 0 unspecified atom stereocenters. The van der Waals surface area contributed by atoms with Crippen LogP contribution in [0.4, 0.5) is 11.6 Å². The Balaban J connectivity index is 1.57. The van der Waals surface area contributed by atoms with E-state index in [0.29, 0.717) is 23.2 Å². The number of carboxylic acids is 1. The minimum absolute atomic E-state index is 0.211. The summed E-state index contributed by atoms with van der Waals surface area (Å²) >= 11 is 6.33. The second-order valence-corrected chi connectivity index (χ2v) is 7.73. The van der Waals surface area contributed by atoms with Gasteiger partial charge in [-0.15, -0.1) is 0 Å². The number of halogens is 1. The lowest BCUT2D eigenvalue weighted by atomic mass is 9.98. The third kappa shape index (κ3) is 3.61. The first kappa shape index (κ1) is 19.9. The summed E-state index contributed by atoms with van der Waals surface area (Å²) in [6.07, 6.45) is 5.36. The Bertz CT molecular complexity index is 1380. The molecule has 3 heterocycles. The fraction of sp³-hybridized carbons (Fsp3) is 0.0870. The van der Waals surface area contributed by atoms with E-state index in [0.717, 1.165) is 33.9 Å². The third-order valence-corrected chi connectivity index (χ3v) is 5.42. The van der Waals surface area contributed by atoms with E-state index in [-0.39, 0.29) is 5.56 Å². The summed E-state index contributed by atoms with van der Waals surface area (Å²) in [5, 5.41) is 12.8. The topological polar surface area (TPSA) is 105 Å². The molecule has 32 heavy (non-hydrogen) atoms. The minimum atomic E-state index is -0.975. The van der Waals surface area contributed by atoms with Crippen molar-refractivity contribution in [1.82, 2.24) is 19.5 Å². The van der Waals surface area contributed by atoms with E-state index in [1.165, 1.54) is 12.1 Å². The van der Waals surface area contributed by atoms with Gasteiger partial charge in [-0.3, -0.25) is 4.99 Å². The molecule has 2 aromatic heterocycles. The minimum Gasteiger partial charge on any atom is -0.478 e. The van der Waals surface area contributed by atoms with Gasteiger partial charge in [0, 0.05) is 53.0 Å². The number of carboxylic acid groups (broad SMARTS) is 1. The van der Waals surface area contributed by atoms with Gasteiger partial charge >= 0.3 is 5.97 Å². The zero-order valence-corrected chi connectivity index (χ0v) is 17.7. The van der Waals surface area contributed by atoms with Crippen LogP contribution in [0.15, 0.2) is 66.0 Å². The number of nitrogens with zero attached hydrogens (tertiary/aromatic N) is 5. The Hall–Kier alpha value is -4.04. The van der Waals surface area contributed by atoms with Crippen molar-refractivity contribution in [2.45, 2.75) is 6.54 Å². The molecule has 2 N–H and O–H groups in total. The molecular formula is C23H17ClN6O2. The molecule has 0 fully saturated rings. The number of hydrogen-bond donors (Lipinski definition) is 2. The number of benzene rings is 2. The predicted octanol–water partition coefficient (Wildman–Crippen LogP) is 4.32. The van der Waals surface area contributed by atoms with E-state index in [1.54, 1.807) is 24.5 Å². The van der Waals surface area contributed by atoms with Crippen LogP contribution in [0, 0.1) is 0 Å². The van der Waals surface area contributed by atoms with Gasteiger partial charge in [-0.1, -0.05) is 17.7 Å². The summed E-state index contributed by atoms with van der Waals surface area (Å²) < 4.78 is 1.92. The van der Waals surface area contributed by atoms with E-state index in [9.17, 15) is 4.79 Å². The number of carbonyl (C=O) groups is 1. The molecule has 0 bridgehead atoms. The Morgan fingerprint density at radius 1 is 1.12 bits per heavy atom. The first-order chi connectivity index (χ1) is 15.5. The summed E-state index contributed by atoms with van der Waals surface area (Å²) in [5.41, 5.74) is 5.00. The number of aromatic carboxylic acids is 1. The maximum absolute atomic E-state index is 11.1. The molecule has 0 saturated carbocycles. The van der Waals surface area contributed by atoms with Gasteiger partial charge in [0.15, 0.2) is 5.82 Å². The van der Waals surface area contributed by atoms with Crippen LogP contribution in [-0.4, -0.2) is 36.3 Å². The van der Waals surface area contributed by atoms with Crippen molar-refractivity contribution >= 4 is 34.9 Å². The molecule has 0 aliphatic carbocycles. The molecule has 0 atom stereocenters. The smallest absolute Gasteiger partial charge is 0.335 e. The summed E-state index contributed by atoms with van der Waals surface area (Å²) in [7, 11) is 1.92. The summed E-state index contributed by atoms with van der Waals surface area (Å²) in [6.45, 7) is 0.400. The molecule has 0 saturated heterocycles. The molecule has 9 heteroatoms. The van der Waals surface area contributed by atoms with E-state index in [4.69, 9.17) is 26.7 Å². The zero-order valence-electron chi connectivity index (χ0n) is 17.0. The second kappa shape index (κ2) is 7.90. The molecule has 0 radical (unpaired) electrons. The summed E-state index contributed by atoms with van der Waals surface area (Å²) in [4.78, 5) is 29.5. The fourth-order valence-electron chi connectivity index (χ4n) is 3.59. The van der Waals surface area contributed by atoms with Gasteiger partial charge < -0.3 is 15.0 Å². The maximum Gasteiger partial charge on any atom is 0.335 e. The molecule has 4 aromatic rings. The highest BCUT2D eigenvalue weighted by atomic mass is 35.5. The molecule has 5 rings (SSSR count). The largest absolute Gasteiger partial charge is 0.478 e. The van der Waals surface area contributed by atoms with E-state index in [1.807, 2.05) is 36.0 Å². The molecule has 8 nitrogen and oxygen atoms in total. The van der Waals surface area contributed by atoms with Crippen LogP contribution in [0.5, 0.6) is 0 Å². The van der Waals surface area contributed by atoms with Gasteiger partial charge in [-0.25, -0.2) is 19.7 Å². The normalized spacial score (nSPS) is 12.4. The van der Waals surface area contributed by atoms with Crippen LogP contribution in [0.25, 0.3) is 11.3 Å². The van der Waals surface area contributed by atoms with E-state index in [2.05, 4.69) is 15.3 Å². The molecule has 1 aliphatic rings. The van der Waals surface area contributed by atoms with Crippen LogP contribution < -0.4 is 5.32 Å². The highest BCUT2D eigenvalue weighted by Crippen LogP contribution is 2.33. The summed E-state index contributed by atoms with van der Waals surface area (Å²) in [6, 6.07) is 12.0. The van der Waals surface area contributed by atoms with Gasteiger partial charge in [0.05, 0.1) is 17.8 Å². The fourth-order valence-corrected chi connectivity index (χ4v) is 3.77. The number of aliphatic imine (C=N–C) groups is 1. The van der Waals surface area contributed by atoms with Gasteiger partial charge in [-0.2, -0.15) is 0 Å². The number of nitrogens with one attached hydrogen (secondary N) is 1. The van der Waals surface area contributed by atoms with Crippen molar-refractivity contribution in [3.63, 3.8) is 0 Å². The monoisotopic (exact) mass is 444 g/mol. The van der Waals surface area contributed by atoms with Gasteiger partial charge in [-0.05, 0) is 36.4 Å². The number of aromatic nitrogens is 4. The van der Waals surface area contributed by atoms with Gasteiger partial charge in [0.2, 0.25) is 5.95 Å². The molecule has 2 aromatic carbocycles. The molecule has 1 aliphatic heterocycles. The van der Waals surface area contributed by atoms with Crippen LogP contribution in [0.1, 0.15) is 27.3 Å². The standard InChI is InChI=1S/C23H17ClN6O2/c1-30-9-8-25-21(30)20-18-10-15(24)4-7-17(18)19-14(11-26-20)12-27-23(29-19)28-16-5-2-13(3-6-16)22(31)32/h2-10,12H,11H2,1H3,(H,31,32)(H,27,28,29). The van der Waals surface area contributed by atoms with Gasteiger partial charge in [0.25, 0.3) is 0 Å². The number of aryl methyl sites for hydroxylation is 1. The quantitative estimate of drug-likeness (QED) is 0.485.